The topological polar surface area (TPSA) is 58.2 Å². The fraction of sp³-hybridized carbons (Fsp3) is 0.455. The summed E-state index contributed by atoms with van der Waals surface area (Å²) in [7, 11) is -3.42. The van der Waals surface area contributed by atoms with Crippen LogP contribution >= 0.6 is 11.6 Å². The minimum Gasteiger partial charge on any atom is -0.365 e. The largest absolute Gasteiger partial charge is 0.365 e. The van der Waals surface area contributed by atoms with E-state index in [4.69, 9.17) is 11.6 Å². The summed E-state index contributed by atoms with van der Waals surface area (Å²) in [4.78, 5) is 0.277. The quantitative estimate of drug-likeness (QED) is 0.762. The minimum absolute atomic E-state index is 0.277. The van der Waals surface area contributed by atoms with Gasteiger partial charge in [-0.05, 0) is 43.9 Å². The Morgan fingerprint density at radius 3 is 2.65 bits per heavy atom. The van der Waals surface area contributed by atoms with Crippen molar-refractivity contribution in [1.82, 2.24) is 4.72 Å². The van der Waals surface area contributed by atoms with E-state index in [1.165, 1.54) is 6.07 Å². The van der Waals surface area contributed by atoms with Gasteiger partial charge in [0.25, 0.3) is 0 Å². The number of rotatable bonds is 0. The van der Waals surface area contributed by atoms with Crippen molar-refractivity contribution in [3.63, 3.8) is 0 Å². The van der Waals surface area contributed by atoms with Crippen molar-refractivity contribution < 1.29 is 8.42 Å². The van der Waals surface area contributed by atoms with E-state index < -0.39 is 15.7 Å². The summed E-state index contributed by atoms with van der Waals surface area (Å²) in [5.41, 5.74) is 0.106. The summed E-state index contributed by atoms with van der Waals surface area (Å²) in [5.74, 6) is 0. The van der Waals surface area contributed by atoms with Crippen LogP contribution in [0.15, 0.2) is 23.1 Å². The van der Waals surface area contributed by atoms with Gasteiger partial charge in [0.2, 0.25) is 10.0 Å². The molecule has 6 heteroatoms. The summed E-state index contributed by atoms with van der Waals surface area (Å²) < 4.78 is 27.1. The number of fused-ring (bicyclic) bond motifs is 1. The van der Waals surface area contributed by atoms with Crippen LogP contribution in [-0.2, 0) is 10.0 Å². The molecule has 0 saturated heterocycles. The van der Waals surface area contributed by atoms with Gasteiger partial charge in [-0.25, -0.2) is 8.42 Å². The van der Waals surface area contributed by atoms with E-state index in [0.29, 0.717) is 10.7 Å². The zero-order valence-corrected chi connectivity index (χ0v) is 10.7. The average Bonchev–Trinajstić information content (AvgIpc) is 2.63. The van der Waals surface area contributed by atoms with E-state index in [9.17, 15) is 8.42 Å². The van der Waals surface area contributed by atoms with Crippen molar-refractivity contribution in [2.75, 3.05) is 5.32 Å². The highest BCUT2D eigenvalue weighted by Crippen LogP contribution is 2.39. The highest BCUT2D eigenvalue weighted by atomic mass is 35.5. The third kappa shape index (κ3) is 1.82. The van der Waals surface area contributed by atoms with Crippen molar-refractivity contribution in [2.45, 2.75) is 36.2 Å². The number of hydrogen-bond donors (Lipinski definition) is 2. The maximum absolute atomic E-state index is 12.2. The number of halogens is 1. The van der Waals surface area contributed by atoms with E-state index in [-0.39, 0.29) is 4.90 Å². The number of sulfonamides is 1. The van der Waals surface area contributed by atoms with E-state index in [1.807, 2.05) is 0 Å². The van der Waals surface area contributed by atoms with Gasteiger partial charge in [0.05, 0.1) is 5.69 Å². The summed E-state index contributed by atoms with van der Waals surface area (Å²) in [6, 6.07) is 4.80. The number of benzene rings is 1. The van der Waals surface area contributed by atoms with E-state index in [1.54, 1.807) is 12.1 Å². The summed E-state index contributed by atoms with van der Waals surface area (Å²) >= 11 is 5.91. The predicted molar refractivity (Wildman–Crippen MR) is 66.6 cm³/mol. The Morgan fingerprint density at radius 2 is 1.94 bits per heavy atom. The maximum atomic E-state index is 12.2. The fourth-order valence-electron chi connectivity index (χ4n) is 2.64. The molecule has 1 aliphatic heterocycles. The Hall–Kier alpha value is -0.780. The molecule has 0 atom stereocenters. The van der Waals surface area contributed by atoms with E-state index in [0.717, 1.165) is 25.7 Å². The Bertz CT molecular complexity index is 565. The second-order valence-electron chi connectivity index (χ2n) is 4.66. The smallest absolute Gasteiger partial charge is 0.244 e. The fourth-order valence-corrected chi connectivity index (χ4v) is 4.33. The van der Waals surface area contributed by atoms with Gasteiger partial charge in [-0.3, -0.25) is 0 Å². The summed E-state index contributed by atoms with van der Waals surface area (Å²) in [5, 5.41) is 3.84. The highest BCUT2D eigenvalue weighted by Gasteiger charge is 2.42. The molecule has 2 aliphatic rings. The number of nitrogens with one attached hydrogen (secondary N) is 2. The van der Waals surface area contributed by atoms with Gasteiger partial charge in [0, 0.05) is 5.02 Å². The van der Waals surface area contributed by atoms with E-state index >= 15 is 0 Å². The van der Waals surface area contributed by atoms with Crippen LogP contribution in [0.5, 0.6) is 0 Å². The lowest BCUT2D eigenvalue weighted by atomic mass is 10.1. The molecule has 0 amide bonds. The van der Waals surface area contributed by atoms with Gasteiger partial charge in [0.15, 0.2) is 0 Å². The van der Waals surface area contributed by atoms with Crippen molar-refractivity contribution in [3.8, 4) is 0 Å². The van der Waals surface area contributed by atoms with Gasteiger partial charge in [0.1, 0.15) is 10.6 Å². The van der Waals surface area contributed by atoms with Gasteiger partial charge in [-0.15, -0.1) is 0 Å². The molecular weight excluding hydrogens is 260 g/mol. The zero-order valence-electron chi connectivity index (χ0n) is 9.16. The van der Waals surface area contributed by atoms with Crippen LogP contribution in [0.2, 0.25) is 5.02 Å². The van der Waals surface area contributed by atoms with Gasteiger partial charge >= 0.3 is 0 Å². The summed E-state index contributed by atoms with van der Waals surface area (Å²) in [6.07, 6.45) is 3.70. The maximum Gasteiger partial charge on any atom is 0.244 e. The van der Waals surface area contributed by atoms with Crippen LogP contribution in [0.4, 0.5) is 5.69 Å². The van der Waals surface area contributed by atoms with Crippen LogP contribution in [0.1, 0.15) is 25.7 Å². The SMILES string of the molecule is O=S1(=O)NC2(CCCC2)Nc2cc(Cl)ccc21. The monoisotopic (exact) mass is 272 g/mol. The van der Waals surface area contributed by atoms with Crippen LogP contribution in [0.3, 0.4) is 0 Å². The van der Waals surface area contributed by atoms with Crippen molar-refractivity contribution in [3.05, 3.63) is 23.2 Å². The summed E-state index contributed by atoms with van der Waals surface area (Å²) in [6.45, 7) is 0. The van der Waals surface area contributed by atoms with Gasteiger partial charge < -0.3 is 5.32 Å². The molecule has 1 aromatic carbocycles. The lowest BCUT2D eigenvalue weighted by molar-refractivity contribution is 0.432. The molecule has 1 aliphatic carbocycles. The minimum atomic E-state index is -3.42. The van der Waals surface area contributed by atoms with Crippen molar-refractivity contribution in [1.29, 1.82) is 0 Å². The Morgan fingerprint density at radius 1 is 1.24 bits per heavy atom. The molecule has 1 aromatic rings. The third-order valence-corrected chi connectivity index (χ3v) is 5.22. The molecule has 92 valence electrons. The standard InChI is InChI=1S/C11H13ClN2O2S/c12-8-3-4-10-9(7-8)13-11(5-1-2-6-11)14-17(10,15)16/h3-4,7,13-14H,1-2,5-6H2. The van der Waals surface area contributed by atoms with E-state index in [2.05, 4.69) is 10.0 Å². The van der Waals surface area contributed by atoms with Crippen LogP contribution in [-0.4, -0.2) is 14.1 Å². The zero-order chi connectivity index (χ0) is 12.1. The van der Waals surface area contributed by atoms with Crippen LogP contribution in [0.25, 0.3) is 0 Å². The first-order valence-corrected chi connectivity index (χ1v) is 7.49. The first-order valence-electron chi connectivity index (χ1n) is 5.63. The van der Waals surface area contributed by atoms with Crippen molar-refractivity contribution >= 4 is 27.3 Å². The highest BCUT2D eigenvalue weighted by molar-refractivity contribution is 7.89. The first kappa shape index (κ1) is 11.3. The van der Waals surface area contributed by atoms with Crippen LogP contribution in [0, 0.1) is 0 Å². The number of hydrogen-bond acceptors (Lipinski definition) is 3. The molecular formula is C11H13ClN2O2S. The molecule has 17 heavy (non-hydrogen) atoms. The molecule has 1 fully saturated rings. The first-order chi connectivity index (χ1) is 8.01. The van der Waals surface area contributed by atoms with Crippen molar-refractivity contribution in [2.24, 2.45) is 0 Å². The molecule has 0 aromatic heterocycles. The third-order valence-electron chi connectivity index (χ3n) is 3.39. The van der Waals surface area contributed by atoms with Gasteiger partial charge in [-0.2, -0.15) is 4.72 Å². The van der Waals surface area contributed by atoms with Gasteiger partial charge in [-0.1, -0.05) is 11.6 Å². The lowest BCUT2D eigenvalue weighted by Gasteiger charge is -2.37. The predicted octanol–water partition coefficient (Wildman–Crippen LogP) is 2.31. The Balaban J connectivity index is 2.14. The molecule has 1 heterocycles. The normalized spacial score (nSPS) is 24.3. The Kier molecular flexibility index (Phi) is 2.40. The molecule has 2 N–H and O–H groups in total. The molecule has 0 radical (unpaired) electrons. The molecule has 0 bridgehead atoms. The Labute approximate surface area is 105 Å². The number of anilines is 1. The molecule has 1 spiro atoms. The van der Waals surface area contributed by atoms with Crippen LogP contribution < -0.4 is 10.0 Å². The molecule has 3 rings (SSSR count). The molecule has 1 saturated carbocycles. The molecule has 4 nitrogen and oxygen atoms in total. The lowest BCUT2D eigenvalue weighted by Crippen LogP contribution is -2.55. The average molecular weight is 273 g/mol. The second kappa shape index (κ2) is 3.60. The molecule has 0 unspecified atom stereocenters. The second-order valence-corrected chi connectivity index (χ2v) is 6.75.